The summed E-state index contributed by atoms with van der Waals surface area (Å²) in [5, 5.41) is 0. The van der Waals surface area contributed by atoms with Gasteiger partial charge in [0, 0.05) is 18.6 Å². The van der Waals surface area contributed by atoms with Gasteiger partial charge in [0.05, 0.1) is 0 Å². The summed E-state index contributed by atoms with van der Waals surface area (Å²) in [6, 6.07) is 1.02. The van der Waals surface area contributed by atoms with Crippen LogP contribution in [-0.4, -0.2) is 30.1 Å². The van der Waals surface area contributed by atoms with E-state index in [9.17, 15) is 0 Å². The highest BCUT2D eigenvalue weighted by Gasteiger charge is 2.41. The molecule has 1 saturated carbocycles. The van der Waals surface area contributed by atoms with Crippen LogP contribution in [0.1, 0.15) is 73.6 Å². The highest BCUT2D eigenvalue weighted by atomic mass is 15.2. The van der Waals surface area contributed by atoms with Gasteiger partial charge in [0.25, 0.3) is 0 Å². The first kappa shape index (κ1) is 17.3. The summed E-state index contributed by atoms with van der Waals surface area (Å²) in [7, 11) is 0. The van der Waals surface area contributed by atoms with E-state index in [1.807, 2.05) is 0 Å². The van der Waals surface area contributed by atoms with Gasteiger partial charge in [0.1, 0.15) is 0 Å². The van der Waals surface area contributed by atoms with E-state index in [-0.39, 0.29) is 0 Å². The maximum absolute atomic E-state index is 6.52. The van der Waals surface area contributed by atoms with Crippen LogP contribution in [0.4, 0.5) is 0 Å². The molecule has 124 valence electrons. The zero-order valence-corrected chi connectivity index (χ0v) is 15.3. The Kier molecular flexibility index (Phi) is 5.10. The van der Waals surface area contributed by atoms with E-state index in [0.717, 1.165) is 11.8 Å². The van der Waals surface area contributed by atoms with E-state index < -0.39 is 0 Å². The van der Waals surface area contributed by atoms with Gasteiger partial charge in [-0.25, -0.2) is 0 Å². The van der Waals surface area contributed by atoms with E-state index in [1.165, 1.54) is 45.2 Å². The Labute approximate surface area is 132 Å². The van der Waals surface area contributed by atoms with E-state index in [1.54, 1.807) is 0 Å². The van der Waals surface area contributed by atoms with Crippen molar-refractivity contribution in [2.75, 3.05) is 13.1 Å². The number of likely N-dealkylation sites (tertiary alicyclic amines) is 1. The van der Waals surface area contributed by atoms with E-state index in [2.05, 4.69) is 46.4 Å². The average molecular weight is 295 g/mol. The Morgan fingerprint density at radius 1 is 1.00 bits per heavy atom. The van der Waals surface area contributed by atoms with Gasteiger partial charge in [-0.2, -0.15) is 0 Å². The Hall–Kier alpha value is -0.0800. The lowest BCUT2D eigenvalue weighted by atomic mass is 9.67. The maximum atomic E-state index is 6.52. The number of nitrogens with two attached hydrogens (primary N) is 1. The second kappa shape index (κ2) is 6.20. The normalized spacial score (nSPS) is 36.1. The Morgan fingerprint density at radius 2 is 1.67 bits per heavy atom. The minimum absolute atomic E-state index is 0.396. The fraction of sp³-hybridized carbons (Fsp3) is 1.00. The van der Waals surface area contributed by atoms with Gasteiger partial charge in [-0.3, -0.25) is 4.90 Å². The van der Waals surface area contributed by atoms with Crippen molar-refractivity contribution >= 4 is 0 Å². The van der Waals surface area contributed by atoms with Crippen LogP contribution in [0.25, 0.3) is 0 Å². The summed E-state index contributed by atoms with van der Waals surface area (Å²) in [6.07, 6.45) is 6.50. The molecule has 0 radical (unpaired) electrons. The number of nitrogens with zero attached hydrogens (tertiary/aromatic N) is 1. The third kappa shape index (κ3) is 3.82. The molecule has 2 fully saturated rings. The molecule has 0 amide bonds. The second-order valence-corrected chi connectivity index (χ2v) is 9.43. The van der Waals surface area contributed by atoms with Crippen molar-refractivity contribution in [3.8, 4) is 0 Å². The third-order valence-electron chi connectivity index (χ3n) is 6.80. The van der Waals surface area contributed by atoms with Crippen molar-refractivity contribution in [1.29, 1.82) is 0 Å². The standard InChI is InChI=1S/C19H38N2/c1-7-19(5,6)14-8-9-16(20)17(12-14)21-11-10-15(13-21)18(2,3)4/h14-17H,7-13,20H2,1-6H3. The molecule has 0 aromatic carbocycles. The molecule has 2 nitrogen and oxygen atoms in total. The molecule has 0 spiro atoms. The highest BCUT2D eigenvalue weighted by Crippen LogP contribution is 2.43. The SMILES string of the molecule is CCC(C)(C)C1CCC(N)C(N2CCC(C(C)(C)C)C2)C1. The van der Waals surface area contributed by atoms with Gasteiger partial charge in [-0.15, -0.1) is 0 Å². The largest absolute Gasteiger partial charge is 0.326 e. The minimum atomic E-state index is 0.396. The molecule has 1 aliphatic carbocycles. The molecule has 2 aliphatic rings. The lowest BCUT2D eigenvalue weighted by Crippen LogP contribution is -2.52. The van der Waals surface area contributed by atoms with E-state index in [0.29, 0.717) is 22.9 Å². The van der Waals surface area contributed by atoms with E-state index >= 15 is 0 Å². The number of hydrogen-bond acceptors (Lipinski definition) is 2. The monoisotopic (exact) mass is 294 g/mol. The Balaban J connectivity index is 2.02. The van der Waals surface area contributed by atoms with Gasteiger partial charge >= 0.3 is 0 Å². The van der Waals surface area contributed by atoms with Crippen molar-refractivity contribution in [3.63, 3.8) is 0 Å². The summed E-state index contributed by atoms with van der Waals surface area (Å²) in [4.78, 5) is 2.73. The number of rotatable bonds is 3. The van der Waals surface area contributed by atoms with Gasteiger partial charge in [-0.05, 0) is 54.9 Å². The molecule has 0 aromatic rings. The molecule has 4 atom stereocenters. The smallest absolute Gasteiger partial charge is 0.0250 e. The summed E-state index contributed by atoms with van der Waals surface area (Å²) in [5.74, 6) is 1.69. The summed E-state index contributed by atoms with van der Waals surface area (Å²) < 4.78 is 0. The third-order valence-corrected chi connectivity index (χ3v) is 6.80. The van der Waals surface area contributed by atoms with Crippen molar-refractivity contribution in [2.24, 2.45) is 28.4 Å². The number of hydrogen-bond donors (Lipinski definition) is 1. The molecule has 2 heteroatoms. The van der Waals surface area contributed by atoms with Crippen LogP contribution in [0.15, 0.2) is 0 Å². The molecule has 2 rings (SSSR count). The first-order chi connectivity index (χ1) is 9.65. The Morgan fingerprint density at radius 3 is 2.19 bits per heavy atom. The fourth-order valence-electron chi connectivity index (χ4n) is 4.38. The molecule has 0 aromatic heterocycles. The molecule has 2 N–H and O–H groups in total. The van der Waals surface area contributed by atoms with Crippen LogP contribution in [-0.2, 0) is 0 Å². The van der Waals surface area contributed by atoms with Crippen LogP contribution in [0, 0.1) is 22.7 Å². The molecule has 1 saturated heterocycles. The molecule has 1 aliphatic heterocycles. The van der Waals surface area contributed by atoms with Crippen molar-refractivity contribution in [1.82, 2.24) is 4.90 Å². The van der Waals surface area contributed by atoms with Crippen molar-refractivity contribution in [3.05, 3.63) is 0 Å². The average Bonchev–Trinajstić information content (AvgIpc) is 2.88. The van der Waals surface area contributed by atoms with E-state index in [4.69, 9.17) is 5.73 Å². The summed E-state index contributed by atoms with van der Waals surface area (Å²) in [6.45, 7) is 17.0. The predicted molar refractivity (Wildman–Crippen MR) is 92.3 cm³/mol. The first-order valence-electron chi connectivity index (χ1n) is 9.14. The molecule has 4 unspecified atom stereocenters. The van der Waals surface area contributed by atoms with Gasteiger partial charge in [0.2, 0.25) is 0 Å². The van der Waals surface area contributed by atoms with Gasteiger partial charge < -0.3 is 5.73 Å². The molecular weight excluding hydrogens is 256 g/mol. The lowest BCUT2D eigenvalue weighted by molar-refractivity contribution is 0.0667. The maximum Gasteiger partial charge on any atom is 0.0250 e. The van der Waals surface area contributed by atoms with Crippen molar-refractivity contribution in [2.45, 2.75) is 85.7 Å². The van der Waals surface area contributed by atoms with Crippen LogP contribution >= 0.6 is 0 Å². The minimum Gasteiger partial charge on any atom is -0.326 e. The quantitative estimate of drug-likeness (QED) is 0.841. The van der Waals surface area contributed by atoms with Gasteiger partial charge in [-0.1, -0.05) is 48.0 Å². The molecular formula is C19H38N2. The summed E-state index contributed by atoms with van der Waals surface area (Å²) in [5.41, 5.74) is 7.43. The zero-order valence-electron chi connectivity index (χ0n) is 15.3. The fourth-order valence-corrected chi connectivity index (χ4v) is 4.38. The molecule has 0 bridgehead atoms. The topological polar surface area (TPSA) is 29.3 Å². The van der Waals surface area contributed by atoms with Crippen LogP contribution in [0.2, 0.25) is 0 Å². The predicted octanol–water partition coefficient (Wildman–Crippen LogP) is 4.29. The molecule has 1 heterocycles. The zero-order chi connectivity index (χ0) is 15.8. The molecule has 21 heavy (non-hydrogen) atoms. The van der Waals surface area contributed by atoms with Gasteiger partial charge in [0.15, 0.2) is 0 Å². The van der Waals surface area contributed by atoms with Crippen LogP contribution in [0.3, 0.4) is 0 Å². The van der Waals surface area contributed by atoms with Crippen LogP contribution < -0.4 is 5.73 Å². The second-order valence-electron chi connectivity index (χ2n) is 9.43. The summed E-state index contributed by atoms with van der Waals surface area (Å²) >= 11 is 0. The Bertz CT molecular complexity index is 342. The van der Waals surface area contributed by atoms with Crippen LogP contribution in [0.5, 0.6) is 0 Å². The first-order valence-corrected chi connectivity index (χ1v) is 9.14. The lowest BCUT2D eigenvalue weighted by Gasteiger charge is -2.45. The highest BCUT2D eigenvalue weighted by molar-refractivity contribution is 4.96. The van der Waals surface area contributed by atoms with Crippen molar-refractivity contribution < 1.29 is 0 Å².